The van der Waals surface area contributed by atoms with Crippen molar-refractivity contribution in [2.24, 2.45) is 5.92 Å². The lowest BCUT2D eigenvalue weighted by molar-refractivity contribution is 0.161. The standard InChI is InChI=1S/C12H26N2O/c1-5-6-10(2)14(4)7-11-8-15-9-12(11)13-3/h10-13H,5-9H2,1-4H3. The highest BCUT2D eigenvalue weighted by Gasteiger charge is 2.28. The first kappa shape index (κ1) is 12.9. The molecule has 0 saturated carbocycles. The lowest BCUT2D eigenvalue weighted by Crippen LogP contribution is -2.41. The number of nitrogens with one attached hydrogen (secondary N) is 1. The van der Waals surface area contributed by atoms with Gasteiger partial charge in [0.25, 0.3) is 0 Å². The maximum Gasteiger partial charge on any atom is 0.0623 e. The van der Waals surface area contributed by atoms with Gasteiger partial charge in [-0.1, -0.05) is 13.3 Å². The quantitative estimate of drug-likeness (QED) is 0.722. The summed E-state index contributed by atoms with van der Waals surface area (Å²) in [7, 11) is 4.26. The van der Waals surface area contributed by atoms with Crippen LogP contribution in [-0.4, -0.2) is 50.8 Å². The van der Waals surface area contributed by atoms with Crippen molar-refractivity contribution in [1.82, 2.24) is 10.2 Å². The molecule has 1 aliphatic heterocycles. The molecule has 1 aliphatic rings. The molecule has 0 aliphatic carbocycles. The van der Waals surface area contributed by atoms with Gasteiger partial charge in [0.1, 0.15) is 0 Å². The van der Waals surface area contributed by atoms with E-state index in [2.05, 4.69) is 31.1 Å². The van der Waals surface area contributed by atoms with Gasteiger partial charge in [-0.15, -0.1) is 0 Å². The summed E-state index contributed by atoms with van der Waals surface area (Å²) < 4.78 is 5.51. The van der Waals surface area contributed by atoms with Gasteiger partial charge in [0, 0.05) is 24.5 Å². The molecular weight excluding hydrogens is 188 g/mol. The molecule has 1 fully saturated rings. The summed E-state index contributed by atoms with van der Waals surface area (Å²) in [4.78, 5) is 2.47. The van der Waals surface area contributed by atoms with Crippen LogP contribution in [0.15, 0.2) is 0 Å². The molecule has 15 heavy (non-hydrogen) atoms. The summed E-state index contributed by atoms with van der Waals surface area (Å²) in [5.41, 5.74) is 0. The molecule has 0 spiro atoms. The van der Waals surface area contributed by atoms with Crippen molar-refractivity contribution in [2.45, 2.75) is 38.8 Å². The Morgan fingerprint density at radius 2 is 2.20 bits per heavy atom. The minimum Gasteiger partial charge on any atom is -0.379 e. The number of hydrogen-bond donors (Lipinski definition) is 1. The third-order valence-corrected chi connectivity index (χ3v) is 3.55. The van der Waals surface area contributed by atoms with Crippen LogP contribution in [0.5, 0.6) is 0 Å². The first-order valence-corrected chi connectivity index (χ1v) is 6.14. The summed E-state index contributed by atoms with van der Waals surface area (Å²) in [6.07, 6.45) is 2.55. The van der Waals surface area contributed by atoms with Crippen molar-refractivity contribution in [1.29, 1.82) is 0 Å². The molecule has 3 atom stereocenters. The Hall–Kier alpha value is -0.120. The predicted octanol–water partition coefficient (Wildman–Crippen LogP) is 1.34. The Kier molecular flexibility index (Phi) is 5.58. The topological polar surface area (TPSA) is 24.5 Å². The monoisotopic (exact) mass is 214 g/mol. The fourth-order valence-corrected chi connectivity index (χ4v) is 2.29. The number of rotatable bonds is 6. The maximum absolute atomic E-state index is 5.51. The van der Waals surface area contributed by atoms with Crippen LogP contribution in [0.3, 0.4) is 0 Å². The largest absolute Gasteiger partial charge is 0.379 e. The lowest BCUT2D eigenvalue weighted by Gasteiger charge is -2.28. The average Bonchev–Trinajstić information content (AvgIpc) is 2.65. The van der Waals surface area contributed by atoms with Gasteiger partial charge < -0.3 is 15.0 Å². The van der Waals surface area contributed by atoms with E-state index in [1.54, 1.807) is 0 Å². The summed E-state index contributed by atoms with van der Waals surface area (Å²) in [6, 6.07) is 1.23. The van der Waals surface area contributed by atoms with Crippen molar-refractivity contribution < 1.29 is 4.74 Å². The second-order valence-electron chi connectivity index (χ2n) is 4.77. The van der Waals surface area contributed by atoms with E-state index in [9.17, 15) is 0 Å². The van der Waals surface area contributed by atoms with Crippen LogP contribution >= 0.6 is 0 Å². The summed E-state index contributed by atoms with van der Waals surface area (Å²) in [5.74, 6) is 0.652. The zero-order chi connectivity index (χ0) is 11.3. The average molecular weight is 214 g/mol. The van der Waals surface area contributed by atoms with Crippen molar-refractivity contribution >= 4 is 0 Å². The van der Waals surface area contributed by atoms with E-state index in [1.165, 1.54) is 12.8 Å². The molecule has 1 rings (SSSR count). The highest BCUT2D eigenvalue weighted by Crippen LogP contribution is 2.16. The number of nitrogens with zero attached hydrogens (tertiary/aromatic N) is 1. The van der Waals surface area contributed by atoms with E-state index in [-0.39, 0.29) is 0 Å². The first-order chi connectivity index (χ1) is 7.19. The van der Waals surface area contributed by atoms with E-state index < -0.39 is 0 Å². The van der Waals surface area contributed by atoms with E-state index in [0.29, 0.717) is 18.0 Å². The fraction of sp³-hybridized carbons (Fsp3) is 1.00. The van der Waals surface area contributed by atoms with Gasteiger partial charge in [-0.2, -0.15) is 0 Å². The first-order valence-electron chi connectivity index (χ1n) is 6.14. The van der Waals surface area contributed by atoms with Crippen molar-refractivity contribution in [3.05, 3.63) is 0 Å². The molecule has 0 bridgehead atoms. The minimum atomic E-state index is 0.543. The van der Waals surface area contributed by atoms with Crippen LogP contribution < -0.4 is 5.32 Å². The van der Waals surface area contributed by atoms with E-state index in [4.69, 9.17) is 4.74 Å². The van der Waals surface area contributed by atoms with Gasteiger partial charge in [0.05, 0.1) is 13.2 Å². The molecule has 0 aromatic heterocycles. The molecule has 90 valence electrons. The normalized spacial score (nSPS) is 28.6. The zero-order valence-electron chi connectivity index (χ0n) is 10.6. The Labute approximate surface area is 94.2 Å². The van der Waals surface area contributed by atoms with E-state index in [0.717, 1.165) is 19.8 Å². The summed E-state index contributed by atoms with van der Waals surface area (Å²) in [5, 5.41) is 3.34. The second-order valence-corrected chi connectivity index (χ2v) is 4.77. The van der Waals surface area contributed by atoms with Crippen LogP contribution in [0.1, 0.15) is 26.7 Å². The molecule has 0 aromatic rings. The van der Waals surface area contributed by atoms with Crippen LogP contribution in [0, 0.1) is 5.92 Å². The van der Waals surface area contributed by atoms with E-state index in [1.807, 2.05) is 7.05 Å². The third-order valence-electron chi connectivity index (χ3n) is 3.55. The summed E-state index contributed by atoms with van der Waals surface area (Å²) in [6.45, 7) is 7.49. The fourth-order valence-electron chi connectivity index (χ4n) is 2.29. The molecular formula is C12H26N2O. The SMILES string of the molecule is CCCC(C)N(C)CC1COCC1NC. The lowest BCUT2D eigenvalue weighted by atomic mass is 10.0. The Morgan fingerprint density at radius 1 is 1.47 bits per heavy atom. The molecule has 0 radical (unpaired) electrons. The Morgan fingerprint density at radius 3 is 2.80 bits per heavy atom. The molecule has 3 heteroatoms. The van der Waals surface area contributed by atoms with Crippen molar-refractivity contribution in [2.75, 3.05) is 33.9 Å². The molecule has 0 aromatic carbocycles. The second kappa shape index (κ2) is 6.46. The van der Waals surface area contributed by atoms with Gasteiger partial charge in [-0.25, -0.2) is 0 Å². The number of hydrogen-bond acceptors (Lipinski definition) is 3. The van der Waals surface area contributed by atoms with Gasteiger partial charge in [0.15, 0.2) is 0 Å². The molecule has 1 N–H and O–H groups in total. The molecule has 0 amide bonds. The predicted molar refractivity (Wildman–Crippen MR) is 64.2 cm³/mol. The molecule has 3 nitrogen and oxygen atoms in total. The summed E-state index contributed by atoms with van der Waals surface area (Å²) >= 11 is 0. The van der Waals surface area contributed by atoms with Crippen molar-refractivity contribution in [3.63, 3.8) is 0 Å². The molecule has 3 unspecified atom stereocenters. The molecule has 1 saturated heterocycles. The van der Waals surface area contributed by atoms with Gasteiger partial charge in [0.2, 0.25) is 0 Å². The highest BCUT2D eigenvalue weighted by atomic mass is 16.5. The van der Waals surface area contributed by atoms with Crippen molar-refractivity contribution in [3.8, 4) is 0 Å². The van der Waals surface area contributed by atoms with Gasteiger partial charge in [-0.3, -0.25) is 0 Å². The van der Waals surface area contributed by atoms with Crippen LogP contribution in [0.4, 0.5) is 0 Å². The Bertz CT molecular complexity index is 175. The maximum atomic E-state index is 5.51. The van der Waals surface area contributed by atoms with Crippen LogP contribution in [0.25, 0.3) is 0 Å². The highest BCUT2D eigenvalue weighted by molar-refractivity contribution is 4.82. The minimum absolute atomic E-state index is 0.543. The zero-order valence-corrected chi connectivity index (χ0v) is 10.6. The van der Waals surface area contributed by atoms with Gasteiger partial charge >= 0.3 is 0 Å². The number of ether oxygens (including phenoxy) is 1. The van der Waals surface area contributed by atoms with Gasteiger partial charge in [-0.05, 0) is 27.4 Å². The van der Waals surface area contributed by atoms with Crippen LogP contribution in [0.2, 0.25) is 0 Å². The molecule has 1 heterocycles. The smallest absolute Gasteiger partial charge is 0.0623 e. The Balaban J connectivity index is 2.33. The number of likely N-dealkylation sites (N-methyl/N-ethyl adjacent to an activating group) is 1. The van der Waals surface area contributed by atoms with Crippen LogP contribution in [-0.2, 0) is 4.74 Å². The third kappa shape index (κ3) is 3.74. The van der Waals surface area contributed by atoms with E-state index >= 15 is 0 Å².